The summed E-state index contributed by atoms with van der Waals surface area (Å²) in [6.45, 7) is 16.5. The second-order valence-corrected chi connectivity index (χ2v) is 33.8. The zero-order chi connectivity index (χ0) is 93.3. The van der Waals surface area contributed by atoms with Crippen molar-refractivity contribution < 1.29 is 100 Å². The molecule has 4 aliphatic rings. The zero-order valence-electron chi connectivity index (χ0n) is 70.9. The lowest BCUT2D eigenvalue weighted by Gasteiger charge is -2.49. The number of aliphatic hydroxyl groups excluding tert-OH is 4. The van der Waals surface area contributed by atoms with E-state index in [0.29, 0.717) is 108 Å². The minimum atomic E-state index is -4.69. The molecule has 12 N–H and O–H groups in total. The van der Waals surface area contributed by atoms with Crippen molar-refractivity contribution >= 4 is 47.1 Å². The van der Waals surface area contributed by atoms with Gasteiger partial charge in [0.2, 0.25) is 41.4 Å². The van der Waals surface area contributed by atoms with Crippen LogP contribution in [0.4, 0.5) is 113 Å². The highest BCUT2D eigenvalue weighted by atomic mass is 19.4. The zero-order valence-corrected chi connectivity index (χ0v) is 70.9. The summed E-state index contributed by atoms with van der Waals surface area (Å²) in [6.07, 6.45) is -10.6. The number of pyridine rings is 4. The minimum absolute atomic E-state index is 0.00890. The first kappa shape index (κ1) is 99.3. The van der Waals surface area contributed by atoms with Crippen molar-refractivity contribution in [1.29, 1.82) is 10.5 Å². The standard InChI is InChI=1S/C22H27F6N5O2.C22H27F3N6O2.C20H25FN6O.C19H22F5N5O2/c1-20(2)10-14(5-6-16(20)34)32-17-15(22(26,27)28)12-31-19(33-17)30-11-13-4-3-8-29-18(13)35-9-7-21(23,24)25;1-21(2)10-16(5-6-17(21)32)30-18-15(11-26)13-29-20(31-18)28-12-14-4-3-8-27-19(14)33-9-7-22(23,24)25;1-19(2)14(8-15(19)28)26-17-13(9-22)11-25-18(27-17)24-10-12-6-5-7-23-16(12)20(3,4)21;1-18(2)12(6-13(18)30)28-15-11(19(22,23)24)8-27-17(29-15)26-7-10-4-3-5-25-16(10)31-9-14(20)21/h3-4,8,12,14,16,34H,5-7,9-11H2,1-2H3,(H2,30,31,32,33);3-4,8,13,16-17,32H,5-7,9-10,12H2,1-2H3,(H2,28,29,30,31);5-7,11,14-15,28H,8,10H2,1-4H3,(H2,24,25,26,27);3-5,8,12-14,30H,6-7,9H2,1-2H3,(H2,26,27,28,29)/t14-,16+;16-,17+;14-,15+;12-,13+/m1111/s1. The lowest BCUT2D eigenvalue weighted by atomic mass is 9.64. The third-order valence-corrected chi connectivity index (χ3v) is 22.0. The van der Waals surface area contributed by atoms with Gasteiger partial charge in [0.15, 0.2) is 6.61 Å². The van der Waals surface area contributed by atoms with Crippen LogP contribution in [-0.4, -0.2) is 167 Å². The second kappa shape index (κ2) is 41.9. The van der Waals surface area contributed by atoms with Gasteiger partial charge in [-0.25, -0.2) is 48.1 Å². The normalized spacial score (nSPS) is 20.3. The summed E-state index contributed by atoms with van der Waals surface area (Å²) in [7, 11) is 0. The Bertz CT molecular complexity index is 5030. The van der Waals surface area contributed by atoms with Gasteiger partial charge in [0.1, 0.15) is 63.3 Å². The van der Waals surface area contributed by atoms with Gasteiger partial charge in [-0.15, -0.1) is 0 Å². The summed E-state index contributed by atoms with van der Waals surface area (Å²) in [4.78, 5) is 48.5. The number of nitrogens with zero attached hydrogens (tertiary/aromatic N) is 14. The lowest BCUT2D eigenvalue weighted by Crippen LogP contribution is -2.57. The quantitative estimate of drug-likeness (QED) is 0.0186. The van der Waals surface area contributed by atoms with Crippen molar-refractivity contribution in [1.82, 2.24) is 59.8 Å². The summed E-state index contributed by atoms with van der Waals surface area (Å²) in [6, 6.07) is 16.6. The maximum absolute atomic E-state index is 14.4. The molecule has 12 rings (SSSR count). The highest BCUT2D eigenvalue weighted by Gasteiger charge is 2.50. The topological polar surface area (TPSA) is 407 Å². The molecule has 8 aromatic heterocycles. The molecule has 0 radical (unpaired) electrons. The average Bonchev–Trinajstić information content (AvgIpc) is 0.765. The highest BCUT2D eigenvalue weighted by molar-refractivity contribution is 5.57. The Labute approximate surface area is 722 Å². The maximum Gasteiger partial charge on any atom is 0.421 e. The fraction of sp³-hybridized carbons (Fsp3) is 0.542. The monoisotopic (exact) mass is 1800 g/mol. The molecule has 0 aliphatic heterocycles. The fourth-order valence-electron chi connectivity index (χ4n) is 13.9. The number of ether oxygens (including phenoxy) is 3. The summed E-state index contributed by atoms with van der Waals surface area (Å²) in [5, 5.41) is 82.6. The van der Waals surface area contributed by atoms with Gasteiger partial charge in [0.05, 0.1) is 68.6 Å². The van der Waals surface area contributed by atoms with Crippen molar-refractivity contribution in [3.63, 3.8) is 0 Å². The Balaban J connectivity index is 0.000000192. The van der Waals surface area contributed by atoms with E-state index in [2.05, 4.69) is 114 Å². The van der Waals surface area contributed by atoms with Crippen LogP contribution in [0.15, 0.2) is 98.1 Å². The van der Waals surface area contributed by atoms with Crippen LogP contribution >= 0.6 is 0 Å². The Morgan fingerprint density at radius 3 is 1.11 bits per heavy atom. The van der Waals surface area contributed by atoms with Crippen molar-refractivity contribution in [2.45, 2.75) is 245 Å². The smallest absolute Gasteiger partial charge is 0.421 e. The second-order valence-electron chi connectivity index (χ2n) is 33.8. The molecule has 0 saturated heterocycles. The molecule has 127 heavy (non-hydrogen) atoms. The Hall–Kier alpha value is -11.5. The van der Waals surface area contributed by atoms with E-state index in [-0.39, 0.29) is 109 Å². The number of aromatic nitrogens is 12. The molecular weight excluding hydrogens is 1700 g/mol. The Morgan fingerprint density at radius 2 is 0.764 bits per heavy atom. The molecule has 8 heterocycles. The van der Waals surface area contributed by atoms with Crippen LogP contribution in [0, 0.1) is 44.3 Å². The van der Waals surface area contributed by atoms with E-state index in [9.17, 15) is 96.8 Å². The SMILES string of the molecule is CC(C)(F)c1ncccc1CNc1ncc(C#N)c(N[C@@H]2C[C@H](O)C2(C)C)n1.CC1(C)C[C@H](Nc2nc(NCc3cccnc3OCCC(F)(F)F)ncc2C#N)CC[C@@H]1O.CC1(C)C[C@H](Nc2nc(NCc3cccnc3OCCC(F)(F)F)ncc2C(F)(F)F)CC[C@@H]1O.CC1(C)[C@@H](O)C[C@H]1Nc1nc(NCc2cccnc2OCC(F)F)ncc1C(F)(F)F. The fourth-order valence-corrected chi connectivity index (χ4v) is 13.9. The predicted molar refractivity (Wildman–Crippen MR) is 438 cm³/mol. The van der Waals surface area contributed by atoms with Crippen molar-refractivity contribution in [2.75, 3.05) is 62.4 Å². The molecule has 44 heteroatoms. The molecule has 4 aliphatic carbocycles. The van der Waals surface area contributed by atoms with Gasteiger partial charge in [-0.3, -0.25) is 4.98 Å². The number of alkyl halides is 15. The van der Waals surface area contributed by atoms with Gasteiger partial charge in [-0.2, -0.15) is 83.1 Å². The Kier molecular flexibility index (Phi) is 32.8. The van der Waals surface area contributed by atoms with Gasteiger partial charge in [-0.05, 0) is 106 Å². The van der Waals surface area contributed by atoms with Crippen LogP contribution in [0.25, 0.3) is 0 Å². The lowest BCUT2D eigenvalue weighted by molar-refractivity contribution is -0.140. The Morgan fingerprint density at radius 1 is 0.433 bits per heavy atom. The van der Waals surface area contributed by atoms with Crippen LogP contribution in [0.5, 0.6) is 17.6 Å². The molecule has 8 atom stereocenters. The molecule has 4 fully saturated rings. The largest absolute Gasteiger partial charge is 0.477 e. The molecule has 0 bridgehead atoms. The molecule has 4 saturated carbocycles. The van der Waals surface area contributed by atoms with Gasteiger partial charge < -0.3 is 77.2 Å². The van der Waals surface area contributed by atoms with Crippen molar-refractivity contribution in [3.8, 4) is 29.8 Å². The third-order valence-electron chi connectivity index (χ3n) is 22.0. The maximum atomic E-state index is 14.4. The summed E-state index contributed by atoms with van der Waals surface area (Å²) < 4.78 is 210. The molecule has 0 amide bonds. The van der Waals surface area contributed by atoms with Gasteiger partial charge in [0.25, 0.3) is 6.43 Å². The van der Waals surface area contributed by atoms with E-state index in [1.54, 1.807) is 68.6 Å². The van der Waals surface area contributed by atoms with Crippen LogP contribution in [0.1, 0.15) is 184 Å². The summed E-state index contributed by atoms with van der Waals surface area (Å²) >= 11 is 0. The summed E-state index contributed by atoms with van der Waals surface area (Å²) in [5.41, 5.74) is -2.22. The molecule has 0 aromatic carbocycles. The number of anilines is 8. The van der Waals surface area contributed by atoms with Crippen LogP contribution in [0.2, 0.25) is 0 Å². The average molecular weight is 1800 g/mol. The van der Waals surface area contributed by atoms with Gasteiger partial charge >= 0.3 is 24.7 Å². The summed E-state index contributed by atoms with van der Waals surface area (Å²) in [5.74, 6) is 0.421. The van der Waals surface area contributed by atoms with Crippen LogP contribution in [0.3, 0.4) is 0 Å². The van der Waals surface area contributed by atoms with E-state index in [1.807, 2.05) is 41.5 Å². The molecule has 0 spiro atoms. The number of aliphatic hydroxyl groups is 4. The number of hydrogen-bond donors (Lipinski definition) is 12. The van der Waals surface area contributed by atoms with Crippen molar-refractivity contribution in [2.24, 2.45) is 21.7 Å². The number of halogens is 15. The number of hydrogen-bond acceptors (Lipinski definition) is 29. The van der Waals surface area contributed by atoms with E-state index < -0.39 is 115 Å². The molecule has 8 aromatic rings. The van der Waals surface area contributed by atoms with Gasteiger partial charge in [0, 0.05) is 115 Å². The molecular formula is C83H101F15N22O7. The predicted octanol–water partition coefficient (Wildman–Crippen LogP) is 16.1. The first-order valence-corrected chi connectivity index (χ1v) is 40.3. The first-order valence-electron chi connectivity index (χ1n) is 40.3. The molecule has 29 nitrogen and oxygen atoms in total. The highest BCUT2D eigenvalue weighted by Crippen LogP contribution is 2.46. The van der Waals surface area contributed by atoms with E-state index >= 15 is 0 Å². The molecule has 690 valence electrons. The van der Waals surface area contributed by atoms with Gasteiger partial charge in [-0.1, -0.05) is 79.7 Å². The minimum Gasteiger partial charge on any atom is -0.477 e. The number of rotatable bonds is 30. The van der Waals surface area contributed by atoms with E-state index in [1.165, 1.54) is 44.8 Å². The van der Waals surface area contributed by atoms with Crippen LogP contribution in [-0.2, 0) is 44.2 Å². The number of nitrogens with one attached hydrogen (secondary N) is 8. The number of nitriles is 2. The van der Waals surface area contributed by atoms with E-state index in [4.69, 9.17) is 14.2 Å². The van der Waals surface area contributed by atoms with Crippen molar-refractivity contribution in [3.05, 3.63) is 148 Å². The van der Waals surface area contributed by atoms with Crippen LogP contribution < -0.4 is 56.7 Å². The third kappa shape index (κ3) is 28.5. The first-order chi connectivity index (χ1) is 59.4. The van der Waals surface area contributed by atoms with E-state index in [0.717, 1.165) is 12.8 Å². The molecule has 0 unspecified atom stereocenters.